The Balaban J connectivity index is 2.12. The second-order valence-corrected chi connectivity index (χ2v) is 4.75. The average Bonchev–Trinajstić information content (AvgIpc) is 2.70. The molecule has 1 aromatic rings. The fraction of sp³-hybridized carbons (Fsp3) is 0.429. The number of para-hydroxylation sites is 1. The molecule has 1 aromatic carbocycles. The summed E-state index contributed by atoms with van der Waals surface area (Å²) >= 11 is 0. The van der Waals surface area contributed by atoms with E-state index in [1.165, 1.54) is 0 Å². The predicted molar refractivity (Wildman–Crippen MR) is 74.2 cm³/mol. The Bertz CT molecular complexity index is 474. The van der Waals surface area contributed by atoms with E-state index in [1.807, 2.05) is 44.0 Å². The fourth-order valence-corrected chi connectivity index (χ4v) is 2.20. The number of amides is 2. The summed E-state index contributed by atoms with van der Waals surface area (Å²) in [5, 5.41) is 2.87. The van der Waals surface area contributed by atoms with Crippen molar-refractivity contribution >= 4 is 17.6 Å². The number of anilines is 1. The highest BCUT2D eigenvalue weighted by atomic mass is 16.2. The number of hydrogen-bond acceptors (Lipinski definition) is 1. The van der Waals surface area contributed by atoms with E-state index in [1.54, 1.807) is 0 Å². The Labute approximate surface area is 108 Å². The summed E-state index contributed by atoms with van der Waals surface area (Å²) in [7, 11) is 1.97. The Kier molecular flexibility index (Phi) is 3.65. The van der Waals surface area contributed by atoms with Crippen LogP contribution in [0.2, 0.25) is 0 Å². The highest BCUT2D eigenvalue weighted by Crippen LogP contribution is 2.19. The minimum absolute atomic E-state index is 0.281. The van der Waals surface area contributed by atoms with Crippen LogP contribution in [-0.2, 0) is 0 Å². The number of amidine groups is 1. The van der Waals surface area contributed by atoms with E-state index in [-0.39, 0.29) is 6.03 Å². The lowest BCUT2D eigenvalue weighted by atomic mass is 10.1. The van der Waals surface area contributed by atoms with Gasteiger partial charge in [-0.1, -0.05) is 18.2 Å². The van der Waals surface area contributed by atoms with Crippen molar-refractivity contribution in [2.24, 2.45) is 4.99 Å². The topological polar surface area (TPSA) is 44.7 Å². The molecule has 1 saturated heterocycles. The molecule has 0 saturated carbocycles. The van der Waals surface area contributed by atoms with Gasteiger partial charge in [0.2, 0.25) is 0 Å². The van der Waals surface area contributed by atoms with E-state index in [0.717, 1.165) is 42.0 Å². The molecule has 0 bridgehead atoms. The summed E-state index contributed by atoms with van der Waals surface area (Å²) < 4.78 is 0. The van der Waals surface area contributed by atoms with Gasteiger partial charge in [0.1, 0.15) is 5.84 Å². The van der Waals surface area contributed by atoms with Gasteiger partial charge in [0.25, 0.3) is 0 Å². The molecule has 2 amide bonds. The highest BCUT2D eigenvalue weighted by Gasteiger charge is 2.16. The first-order valence-electron chi connectivity index (χ1n) is 6.24. The average molecular weight is 245 g/mol. The molecule has 4 nitrogen and oxygen atoms in total. The first-order chi connectivity index (χ1) is 8.58. The van der Waals surface area contributed by atoms with Crippen molar-refractivity contribution in [3.63, 3.8) is 0 Å². The summed E-state index contributed by atoms with van der Waals surface area (Å²) in [6, 6.07) is 5.67. The SMILES string of the molecule is Cc1cccc(C)c1NC(=O)/N=C1/CCCN1C. The molecule has 1 N–H and O–H groups in total. The number of aliphatic imine (C=N–C) groups is 1. The van der Waals surface area contributed by atoms with Gasteiger partial charge in [-0.25, -0.2) is 4.79 Å². The lowest BCUT2D eigenvalue weighted by Crippen LogP contribution is -2.22. The lowest BCUT2D eigenvalue weighted by Gasteiger charge is -2.12. The Morgan fingerprint density at radius 2 is 2.00 bits per heavy atom. The van der Waals surface area contributed by atoms with Crippen molar-refractivity contribution in [1.29, 1.82) is 0 Å². The number of carbonyl (C=O) groups is 1. The van der Waals surface area contributed by atoms with Crippen molar-refractivity contribution in [2.45, 2.75) is 26.7 Å². The van der Waals surface area contributed by atoms with Crippen LogP contribution in [0.4, 0.5) is 10.5 Å². The second kappa shape index (κ2) is 5.21. The third-order valence-electron chi connectivity index (χ3n) is 3.28. The Morgan fingerprint density at radius 3 is 2.56 bits per heavy atom. The monoisotopic (exact) mass is 245 g/mol. The first kappa shape index (κ1) is 12.6. The maximum atomic E-state index is 11.9. The number of urea groups is 1. The quantitative estimate of drug-likeness (QED) is 0.826. The minimum Gasteiger partial charge on any atom is -0.363 e. The summed E-state index contributed by atoms with van der Waals surface area (Å²) in [5.74, 6) is 0.874. The van der Waals surface area contributed by atoms with Crippen LogP contribution in [0.5, 0.6) is 0 Å². The number of likely N-dealkylation sites (tertiary alicyclic amines) is 1. The normalized spacial score (nSPS) is 17.3. The van der Waals surface area contributed by atoms with Crippen molar-refractivity contribution in [3.8, 4) is 0 Å². The van der Waals surface area contributed by atoms with Gasteiger partial charge in [-0.15, -0.1) is 0 Å². The van der Waals surface area contributed by atoms with Crippen LogP contribution in [0.15, 0.2) is 23.2 Å². The van der Waals surface area contributed by atoms with Gasteiger partial charge in [0.15, 0.2) is 0 Å². The Morgan fingerprint density at radius 1 is 1.33 bits per heavy atom. The molecule has 1 fully saturated rings. The molecule has 96 valence electrons. The number of rotatable bonds is 1. The molecule has 1 heterocycles. The third kappa shape index (κ3) is 2.70. The zero-order chi connectivity index (χ0) is 13.1. The molecular weight excluding hydrogens is 226 g/mol. The summed E-state index contributed by atoms with van der Waals surface area (Å²) in [6.45, 7) is 4.95. The largest absolute Gasteiger partial charge is 0.363 e. The highest BCUT2D eigenvalue weighted by molar-refractivity contribution is 6.01. The molecule has 2 rings (SSSR count). The lowest BCUT2D eigenvalue weighted by molar-refractivity contribution is 0.259. The van der Waals surface area contributed by atoms with Crippen molar-refractivity contribution in [1.82, 2.24) is 4.90 Å². The van der Waals surface area contributed by atoms with E-state index in [9.17, 15) is 4.79 Å². The van der Waals surface area contributed by atoms with Crippen LogP contribution in [0.3, 0.4) is 0 Å². The van der Waals surface area contributed by atoms with Gasteiger partial charge in [0.05, 0.1) is 0 Å². The minimum atomic E-state index is -0.281. The first-order valence-corrected chi connectivity index (χ1v) is 6.24. The molecule has 4 heteroatoms. The second-order valence-electron chi connectivity index (χ2n) is 4.75. The number of carbonyl (C=O) groups excluding carboxylic acids is 1. The standard InChI is InChI=1S/C14H19N3O/c1-10-6-4-7-11(2)13(10)16-14(18)15-12-8-5-9-17(12)3/h4,6-7H,5,8-9H2,1-3H3,(H,16,18)/b15-12-. The van der Waals surface area contributed by atoms with Gasteiger partial charge in [-0.05, 0) is 31.4 Å². The van der Waals surface area contributed by atoms with E-state index >= 15 is 0 Å². The summed E-state index contributed by atoms with van der Waals surface area (Å²) in [5.41, 5.74) is 2.99. The molecule has 1 aliphatic rings. The zero-order valence-corrected chi connectivity index (χ0v) is 11.2. The molecule has 0 aliphatic carbocycles. The molecule has 0 spiro atoms. The van der Waals surface area contributed by atoms with Crippen molar-refractivity contribution < 1.29 is 4.79 Å². The molecular formula is C14H19N3O. The van der Waals surface area contributed by atoms with Crippen LogP contribution in [0.1, 0.15) is 24.0 Å². The molecule has 1 aliphatic heterocycles. The number of nitrogens with one attached hydrogen (secondary N) is 1. The molecule has 0 radical (unpaired) electrons. The molecule has 0 aromatic heterocycles. The summed E-state index contributed by atoms with van der Waals surface area (Å²) in [6.07, 6.45) is 1.96. The van der Waals surface area contributed by atoms with Crippen LogP contribution in [0, 0.1) is 13.8 Å². The Hall–Kier alpha value is -1.84. The van der Waals surface area contributed by atoms with E-state index < -0.39 is 0 Å². The van der Waals surface area contributed by atoms with Gasteiger partial charge in [0, 0.05) is 25.7 Å². The molecule has 18 heavy (non-hydrogen) atoms. The van der Waals surface area contributed by atoms with Crippen molar-refractivity contribution in [3.05, 3.63) is 29.3 Å². The number of nitrogens with zero attached hydrogens (tertiary/aromatic N) is 2. The summed E-state index contributed by atoms with van der Waals surface area (Å²) in [4.78, 5) is 18.1. The zero-order valence-electron chi connectivity index (χ0n) is 11.2. The predicted octanol–water partition coefficient (Wildman–Crippen LogP) is 2.96. The van der Waals surface area contributed by atoms with E-state index in [4.69, 9.17) is 0 Å². The smallest absolute Gasteiger partial charge is 0.347 e. The van der Waals surface area contributed by atoms with Gasteiger partial charge in [-0.2, -0.15) is 4.99 Å². The third-order valence-corrected chi connectivity index (χ3v) is 3.28. The van der Waals surface area contributed by atoms with E-state index in [0.29, 0.717) is 0 Å². The van der Waals surface area contributed by atoms with Crippen LogP contribution in [-0.4, -0.2) is 30.4 Å². The van der Waals surface area contributed by atoms with Gasteiger partial charge < -0.3 is 10.2 Å². The van der Waals surface area contributed by atoms with Crippen LogP contribution < -0.4 is 5.32 Å². The van der Waals surface area contributed by atoms with Crippen LogP contribution in [0.25, 0.3) is 0 Å². The van der Waals surface area contributed by atoms with Gasteiger partial charge in [-0.3, -0.25) is 0 Å². The van der Waals surface area contributed by atoms with E-state index in [2.05, 4.69) is 10.3 Å². The number of aryl methyl sites for hydroxylation is 2. The molecule has 0 unspecified atom stereocenters. The van der Waals surface area contributed by atoms with Crippen LogP contribution >= 0.6 is 0 Å². The fourth-order valence-electron chi connectivity index (χ4n) is 2.20. The molecule has 0 atom stereocenters. The number of hydrogen-bond donors (Lipinski definition) is 1. The van der Waals surface area contributed by atoms with Crippen molar-refractivity contribution in [2.75, 3.05) is 18.9 Å². The maximum absolute atomic E-state index is 11.9. The number of benzene rings is 1. The maximum Gasteiger partial charge on any atom is 0.347 e. The van der Waals surface area contributed by atoms with Gasteiger partial charge >= 0.3 is 6.03 Å².